The molecule has 0 aromatic heterocycles. The van der Waals surface area contributed by atoms with Crippen LogP contribution in [-0.2, 0) is 14.3 Å². The van der Waals surface area contributed by atoms with Crippen molar-refractivity contribution in [2.45, 2.75) is 31.8 Å². The fourth-order valence-corrected chi connectivity index (χ4v) is 2.85. The molecule has 2 N–H and O–H groups in total. The number of likely N-dealkylation sites (tertiary alicyclic amines) is 1. The number of piperidine rings is 1. The number of rotatable bonds is 3. The van der Waals surface area contributed by atoms with E-state index >= 15 is 0 Å². The molecular formula is C13H23N3O3. The predicted octanol–water partition coefficient (Wildman–Crippen LogP) is -0.652. The number of hydrogen-bond donors (Lipinski definition) is 2. The number of nitrogens with one attached hydrogen (secondary N) is 2. The molecule has 0 saturated carbocycles. The first kappa shape index (κ1) is 14.3. The lowest BCUT2D eigenvalue weighted by atomic mass is 9.99. The third-order valence-electron chi connectivity index (χ3n) is 3.98. The second-order valence-corrected chi connectivity index (χ2v) is 5.34. The monoisotopic (exact) mass is 269 g/mol. The van der Waals surface area contributed by atoms with Gasteiger partial charge in [0.1, 0.15) is 0 Å². The quantitative estimate of drug-likeness (QED) is 0.714. The van der Waals surface area contributed by atoms with Crippen molar-refractivity contribution in [3.8, 4) is 0 Å². The van der Waals surface area contributed by atoms with Crippen molar-refractivity contribution in [2.24, 2.45) is 5.92 Å². The van der Waals surface area contributed by atoms with Gasteiger partial charge < -0.3 is 20.3 Å². The maximum Gasteiger partial charge on any atom is 0.229 e. The lowest BCUT2D eigenvalue weighted by Gasteiger charge is -2.34. The zero-order valence-corrected chi connectivity index (χ0v) is 11.6. The first-order valence-electron chi connectivity index (χ1n) is 6.92. The number of nitrogens with zero attached hydrogens (tertiary/aromatic N) is 1. The normalized spacial score (nSPS) is 28.4. The van der Waals surface area contributed by atoms with Crippen molar-refractivity contribution in [3.63, 3.8) is 0 Å². The lowest BCUT2D eigenvalue weighted by molar-refractivity contribution is -0.137. The first-order valence-corrected chi connectivity index (χ1v) is 6.92. The van der Waals surface area contributed by atoms with Gasteiger partial charge in [-0.3, -0.25) is 9.59 Å². The molecule has 2 amide bonds. The van der Waals surface area contributed by atoms with Gasteiger partial charge >= 0.3 is 0 Å². The van der Waals surface area contributed by atoms with Gasteiger partial charge in [-0.1, -0.05) is 0 Å². The Morgan fingerprint density at radius 3 is 2.47 bits per heavy atom. The highest BCUT2D eigenvalue weighted by Crippen LogP contribution is 2.19. The third-order valence-corrected chi connectivity index (χ3v) is 3.98. The Morgan fingerprint density at radius 1 is 1.21 bits per heavy atom. The zero-order valence-electron chi connectivity index (χ0n) is 11.6. The summed E-state index contributed by atoms with van der Waals surface area (Å²) in [6, 6.07) is 0.335. The molecule has 6 nitrogen and oxygen atoms in total. The highest BCUT2D eigenvalue weighted by atomic mass is 16.5. The Bertz CT molecular complexity index is 340. The predicted molar refractivity (Wildman–Crippen MR) is 70.6 cm³/mol. The minimum atomic E-state index is -0.0673. The fraction of sp³-hybridized carbons (Fsp3) is 0.846. The highest BCUT2D eigenvalue weighted by molar-refractivity contribution is 5.80. The molecule has 2 fully saturated rings. The number of hydrogen-bond acceptors (Lipinski definition) is 4. The van der Waals surface area contributed by atoms with Crippen molar-refractivity contribution in [1.29, 1.82) is 0 Å². The molecule has 108 valence electrons. The van der Waals surface area contributed by atoms with Crippen LogP contribution in [0, 0.1) is 5.92 Å². The summed E-state index contributed by atoms with van der Waals surface area (Å²) in [5.41, 5.74) is 0. The van der Waals surface area contributed by atoms with Gasteiger partial charge in [0.05, 0.1) is 19.1 Å². The molecular weight excluding hydrogens is 246 g/mol. The van der Waals surface area contributed by atoms with Crippen LogP contribution in [0.3, 0.4) is 0 Å². The van der Waals surface area contributed by atoms with Gasteiger partial charge in [-0.2, -0.15) is 0 Å². The SMILES string of the molecule is CNC1COCC1C(=O)N1CCC(NC(C)=O)CC1. The average molecular weight is 269 g/mol. The number of carbonyl (C=O) groups is 2. The summed E-state index contributed by atoms with van der Waals surface area (Å²) in [4.78, 5) is 25.3. The van der Waals surface area contributed by atoms with Crippen LogP contribution in [0.15, 0.2) is 0 Å². The number of ether oxygens (including phenoxy) is 1. The number of carbonyl (C=O) groups excluding carboxylic acids is 2. The molecule has 6 heteroatoms. The summed E-state index contributed by atoms with van der Waals surface area (Å²) in [6.45, 7) is 4.09. The maximum absolute atomic E-state index is 12.4. The van der Waals surface area contributed by atoms with E-state index in [1.54, 1.807) is 0 Å². The Kier molecular flexibility index (Phi) is 4.76. The summed E-state index contributed by atoms with van der Waals surface area (Å²) in [7, 11) is 1.86. The molecule has 2 unspecified atom stereocenters. The second kappa shape index (κ2) is 6.34. The van der Waals surface area contributed by atoms with E-state index in [1.807, 2.05) is 11.9 Å². The van der Waals surface area contributed by atoms with Crippen molar-refractivity contribution < 1.29 is 14.3 Å². The van der Waals surface area contributed by atoms with Crippen molar-refractivity contribution in [1.82, 2.24) is 15.5 Å². The largest absolute Gasteiger partial charge is 0.379 e. The van der Waals surface area contributed by atoms with Crippen LogP contribution in [0.2, 0.25) is 0 Å². The average Bonchev–Trinajstić information content (AvgIpc) is 2.86. The standard InChI is InChI=1S/C13H23N3O3/c1-9(17)15-10-3-5-16(6-4-10)13(18)11-7-19-8-12(11)14-2/h10-12,14H,3-8H2,1-2H3,(H,15,17). The van der Waals surface area contributed by atoms with Crippen molar-refractivity contribution in [2.75, 3.05) is 33.4 Å². The van der Waals surface area contributed by atoms with Crippen LogP contribution >= 0.6 is 0 Å². The molecule has 0 spiro atoms. The molecule has 0 aromatic carbocycles. The zero-order chi connectivity index (χ0) is 13.8. The highest BCUT2D eigenvalue weighted by Gasteiger charge is 2.36. The maximum atomic E-state index is 12.4. The van der Waals surface area contributed by atoms with E-state index < -0.39 is 0 Å². The lowest BCUT2D eigenvalue weighted by Crippen LogP contribution is -2.50. The molecule has 0 bridgehead atoms. The molecule has 2 aliphatic heterocycles. The smallest absolute Gasteiger partial charge is 0.229 e. The molecule has 2 rings (SSSR count). The van der Waals surface area contributed by atoms with E-state index in [4.69, 9.17) is 4.74 Å². The molecule has 0 aromatic rings. The van der Waals surface area contributed by atoms with E-state index in [-0.39, 0.29) is 29.8 Å². The second-order valence-electron chi connectivity index (χ2n) is 5.34. The molecule has 0 aliphatic carbocycles. The van der Waals surface area contributed by atoms with E-state index in [0.717, 1.165) is 25.9 Å². The van der Waals surface area contributed by atoms with Gasteiger partial charge in [-0.05, 0) is 19.9 Å². The Labute approximate surface area is 113 Å². The van der Waals surface area contributed by atoms with Gasteiger partial charge in [0.2, 0.25) is 11.8 Å². The molecule has 2 heterocycles. The van der Waals surface area contributed by atoms with Crippen molar-refractivity contribution >= 4 is 11.8 Å². The van der Waals surface area contributed by atoms with Crippen molar-refractivity contribution in [3.05, 3.63) is 0 Å². The van der Waals surface area contributed by atoms with E-state index in [1.165, 1.54) is 6.92 Å². The molecule has 0 radical (unpaired) electrons. The summed E-state index contributed by atoms with van der Waals surface area (Å²) in [5, 5.41) is 6.06. The summed E-state index contributed by atoms with van der Waals surface area (Å²) < 4.78 is 5.38. The Morgan fingerprint density at radius 2 is 1.89 bits per heavy atom. The molecule has 2 saturated heterocycles. The van der Waals surface area contributed by atoms with Gasteiger partial charge in [-0.25, -0.2) is 0 Å². The fourth-order valence-electron chi connectivity index (χ4n) is 2.85. The summed E-state index contributed by atoms with van der Waals surface area (Å²) in [5.74, 6) is 0.115. The van der Waals surface area contributed by atoms with E-state index in [2.05, 4.69) is 10.6 Å². The number of likely N-dealkylation sites (N-methyl/N-ethyl adjacent to an activating group) is 1. The number of amides is 2. The molecule has 2 aliphatic rings. The van der Waals surface area contributed by atoms with Crippen LogP contribution in [0.25, 0.3) is 0 Å². The van der Waals surface area contributed by atoms with Crippen LogP contribution in [-0.4, -0.2) is 62.1 Å². The van der Waals surface area contributed by atoms with Gasteiger partial charge in [0.15, 0.2) is 0 Å². The van der Waals surface area contributed by atoms with Gasteiger partial charge in [0.25, 0.3) is 0 Å². The minimum absolute atomic E-state index is 0.00390. The Balaban J connectivity index is 1.83. The first-order chi connectivity index (χ1) is 9.11. The molecule has 19 heavy (non-hydrogen) atoms. The molecule has 2 atom stereocenters. The topological polar surface area (TPSA) is 70.7 Å². The van der Waals surface area contributed by atoms with Crippen LogP contribution < -0.4 is 10.6 Å². The third kappa shape index (κ3) is 3.45. The summed E-state index contributed by atoms with van der Waals surface area (Å²) in [6.07, 6.45) is 1.67. The summed E-state index contributed by atoms with van der Waals surface area (Å²) >= 11 is 0. The van der Waals surface area contributed by atoms with Crippen LogP contribution in [0.4, 0.5) is 0 Å². The van der Waals surface area contributed by atoms with Gasteiger partial charge in [0, 0.05) is 32.1 Å². The van der Waals surface area contributed by atoms with E-state index in [0.29, 0.717) is 13.2 Å². The van der Waals surface area contributed by atoms with Crippen LogP contribution in [0.1, 0.15) is 19.8 Å². The van der Waals surface area contributed by atoms with Gasteiger partial charge in [-0.15, -0.1) is 0 Å². The minimum Gasteiger partial charge on any atom is -0.379 e. The Hall–Kier alpha value is -1.14. The van der Waals surface area contributed by atoms with Crippen LogP contribution in [0.5, 0.6) is 0 Å². The van der Waals surface area contributed by atoms with E-state index in [9.17, 15) is 9.59 Å².